The van der Waals surface area contributed by atoms with E-state index in [1.165, 1.54) is 69.9 Å². The van der Waals surface area contributed by atoms with E-state index < -0.39 is 0 Å². The summed E-state index contributed by atoms with van der Waals surface area (Å²) in [4.78, 5) is 12.2. The Kier molecular flexibility index (Phi) is 11.4. The van der Waals surface area contributed by atoms with Crippen molar-refractivity contribution in [2.24, 2.45) is 0 Å². The number of benzene rings is 2. The fraction of sp³-hybridized carbons (Fsp3) is 0.444. The molecule has 2 rings (SSSR count). The van der Waals surface area contributed by atoms with Gasteiger partial charge in [0.15, 0.2) is 5.78 Å². The number of allylic oxidation sites excluding steroid dienone is 1. The Morgan fingerprint density at radius 3 is 2.07 bits per heavy atom. The van der Waals surface area contributed by atoms with Crippen LogP contribution in [0.1, 0.15) is 87.1 Å². The summed E-state index contributed by atoms with van der Waals surface area (Å²) < 4.78 is 5.82. The standard InChI is InChI=1S/C27H36O3/c1-2-3-4-5-6-7-8-9-10-13-22-30-24-19-16-23(17-20-24)18-21-27(29)25-14-11-12-15-26(25)28/h11-12,14-21,28H,2-10,13,22H2,1H3. The number of aromatic hydroxyl groups is 1. The van der Waals surface area contributed by atoms with Crippen LogP contribution in [0, 0.1) is 0 Å². The van der Waals surface area contributed by atoms with E-state index in [0.29, 0.717) is 5.56 Å². The highest BCUT2D eigenvalue weighted by atomic mass is 16.5. The van der Waals surface area contributed by atoms with Gasteiger partial charge in [-0.25, -0.2) is 0 Å². The van der Waals surface area contributed by atoms with E-state index in [1.807, 2.05) is 24.3 Å². The zero-order chi connectivity index (χ0) is 21.4. The quantitative estimate of drug-likeness (QED) is 0.188. The highest BCUT2D eigenvalue weighted by Gasteiger charge is 2.06. The molecule has 0 unspecified atom stereocenters. The molecule has 30 heavy (non-hydrogen) atoms. The summed E-state index contributed by atoms with van der Waals surface area (Å²) in [5.41, 5.74) is 1.23. The molecule has 3 heteroatoms. The Balaban J connectivity index is 1.60. The first kappa shape index (κ1) is 23.7. The van der Waals surface area contributed by atoms with Gasteiger partial charge >= 0.3 is 0 Å². The number of ketones is 1. The first-order chi connectivity index (χ1) is 14.7. The molecule has 0 aromatic heterocycles. The molecule has 162 valence electrons. The van der Waals surface area contributed by atoms with Crippen LogP contribution in [-0.4, -0.2) is 17.5 Å². The van der Waals surface area contributed by atoms with Crippen LogP contribution < -0.4 is 4.74 Å². The van der Waals surface area contributed by atoms with Crippen LogP contribution in [-0.2, 0) is 0 Å². The fourth-order valence-electron chi connectivity index (χ4n) is 3.40. The van der Waals surface area contributed by atoms with Gasteiger partial charge in [0, 0.05) is 0 Å². The molecular formula is C27H36O3. The van der Waals surface area contributed by atoms with E-state index in [0.717, 1.165) is 24.3 Å². The minimum atomic E-state index is -0.214. The zero-order valence-corrected chi connectivity index (χ0v) is 18.3. The molecule has 0 heterocycles. The van der Waals surface area contributed by atoms with Gasteiger partial charge in [-0.1, -0.05) is 95.1 Å². The Morgan fingerprint density at radius 1 is 0.833 bits per heavy atom. The predicted octanol–water partition coefficient (Wildman–Crippen LogP) is 7.59. The molecule has 0 aliphatic carbocycles. The van der Waals surface area contributed by atoms with Gasteiger partial charge in [-0.2, -0.15) is 0 Å². The molecular weight excluding hydrogens is 372 g/mol. The second kappa shape index (κ2) is 14.4. The van der Waals surface area contributed by atoms with Gasteiger partial charge in [0.05, 0.1) is 12.2 Å². The second-order valence-corrected chi connectivity index (χ2v) is 7.81. The zero-order valence-electron chi connectivity index (χ0n) is 18.3. The number of phenols is 1. The van der Waals surface area contributed by atoms with Crippen LogP contribution in [0.25, 0.3) is 6.08 Å². The van der Waals surface area contributed by atoms with Crippen molar-refractivity contribution in [2.45, 2.75) is 71.1 Å². The maximum absolute atomic E-state index is 12.2. The first-order valence-electron chi connectivity index (χ1n) is 11.4. The van der Waals surface area contributed by atoms with Gasteiger partial charge in [-0.15, -0.1) is 0 Å². The molecule has 0 amide bonds. The third-order valence-electron chi connectivity index (χ3n) is 5.24. The van der Waals surface area contributed by atoms with Gasteiger partial charge < -0.3 is 9.84 Å². The van der Waals surface area contributed by atoms with Crippen LogP contribution >= 0.6 is 0 Å². The summed E-state index contributed by atoms with van der Waals surface area (Å²) in [5, 5.41) is 9.75. The average molecular weight is 409 g/mol. The molecule has 0 radical (unpaired) electrons. The molecule has 0 aliphatic heterocycles. The minimum Gasteiger partial charge on any atom is -0.507 e. The minimum absolute atomic E-state index is 0.00266. The van der Waals surface area contributed by atoms with E-state index >= 15 is 0 Å². The summed E-state index contributed by atoms with van der Waals surface area (Å²) in [6.07, 6.45) is 16.4. The fourth-order valence-corrected chi connectivity index (χ4v) is 3.40. The van der Waals surface area contributed by atoms with E-state index in [1.54, 1.807) is 24.3 Å². The normalized spacial score (nSPS) is 11.1. The number of para-hydroxylation sites is 1. The number of ether oxygens (including phenoxy) is 1. The van der Waals surface area contributed by atoms with Gasteiger partial charge in [0.25, 0.3) is 0 Å². The van der Waals surface area contributed by atoms with Crippen molar-refractivity contribution in [3.63, 3.8) is 0 Å². The van der Waals surface area contributed by atoms with Gasteiger partial charge in [-0.3, -0.25) is 4.79 Å². The second-order valence-electron chi connectivity index (χ2n) is 7.81. The lowest BCUT2D eigenvalue weighted by molar-refractivity contribution is 0.104. The topological polar surface area (TPSA) is 46.5 Å². The van der Waals surface area contributed by atoms with Crippen molar-refractivity contribution in [2.75, 3.05) is 6.61 Å². The number of hydrogen-bond acceptors (Lipinski definition) is 3. The largest absolute Gasteiger partial charge is 0.507 e. The summed E-state index contributed by atoms with van der Waals surface area (Å²) in [6.45, 7) is 3.01. The summed E-state index contributed by atoms with van der Waals surface area (Å²) >= 11 is 0. The lowest BCUT2D eigenvalue weighted by Gasteiger charge is -2.06. The molecule has 0 saturated heterocycles. The van der Waals surface area contributed by atoms with Gasteiger partial charge in [0.1, 0.15) is 11.5 Å². The molecule has 0 fully saturated rings. The number of rotatable bonds is 15. The third kappa shape index (κ3) is 9.30. The van der Waals surface area contributed by atoms with Crippen LogP contribution in [0.3, 0.4) is 0 Å². The summed E-state index contributed by atoms with van der Waals surface area (Å²) in [7, 11) is 0. The van der Waals surface area contributed by atoms with E-state index in [2.05, 4.69) is 6.92 Å². The maximum Gasteiger partial charge on any atom is 0.189 e. The lowest BCUT2D eigenvalue weighted by atomic mass is 10.1. The van der Waals surface area contributed by atoms with Crippen molar-refractivity contribution in [3.8, 4) is 11.5 Å². The number of unbranched alkanes of at least 4 members (excludes halogenated alkanes) is 9. The van der Waals surface area contributed by atoms with Gasteiger partial charge in [-0.05, 0) is 42.3 Å². The van der Waals surface area contributed by atoms with E-state index in [9.17, 15) is 9.90 Å². The Hall–Kier alpha value is -2.55. The number of carbonyl (C=O) groups is 1. The molecule has 1 N–H and O–H groups in total. The van der Waals surface area contributed by atoms with Crippen LogP contribution in [0.4, 0.5) is 0 Å². The third-order valence-corrected chi connectivity index (χ3v) is 5.24. The molecule has 3 nitrogen and oxygen atoms in total. The predicted molar refractivity (Wildman–Crippen MR) is 125 cm³/mol. The summed E-state index contributed by atoms with van der Waals surface area (Å²) in [5.74, 6) is 0.646. The molecule has 0 saturated carbocycles. The Bertz CT molecular complexity index is 762. The van der Waals surface area contributed by atoms with Crippen molar-refractivity contribution < 1.29 is 14.6 Å². The van der Waals surface area contributed by atoms with Gasteiger partial charge in [0.2, 0.25) is 0 Å². The van der Waals surface area contributed by atoms with Crippen LogP contribution in [0.2, 0.25) is 0 Å². The molecule has 2 aromatic carbocycles. The number of carbonyl (C=O) groups excluding carboxylic acids is 1. The molecule has 0 bridgehead atoms. The molecule has 2 aromatic rings. The van der Waals surface area contributed by atoms with Crippen LogP contribution in [0.5, 0.6) is 11.5 Å². The average Bonchev–Trinajstić information content (AvgIpc) is 2.77. The first-order valence-corrected chi connectivity index (χ1v) is 11.4. The molecule has 0 spiro atoms. The van der Waals surface area contributed by atoms with Crippen molar-refractivity contribution in [3.05, 3.63) is 65.7 Å². The number of phenolic OH excluding ortho intramolecular Hbond substituents is 1. The summed E-state index contributed by atoms with van der Waals surface area (Å²) in [6, 6.07) is 14.3. The molecule has 0 aliphatic rings. The van der Waals surface area contributed by atoms with Crippen LogP contribution in [0.15, 0.2) is 54.6 Å². The number of hydrogen-bond donors (Lipinski definition) is 1. The maximum atomic E-state index is 12.2. The smallest absolute Gasteiger partial charge is 0.189 e. The Labute approximate surface area is 181 Å². The highest BCUT2D eigenvalue weighted by molar-refractivity contribution is 6.08. The Morgan fingerprint density at radius 2 is 1.43 bits per heavy atom. The monoisotopic (exact) mass is 408 g/mol. The van der Waals surface area contributed by atoms with E-state index in [4.69, 9.17) is 4.74 Å². The highest BCUT2D eigenvalue weighted by Crippen LogP contribution is 2.18. The lowest BCUT2D eigenvalue weighted by Crippen LogP contribution is -1.97. The van der Waals surface area contributed by atoms with Crippen molar-refractivity contribution in [1.82, 2.24) is 0 Å². The van der Waals surface area contributed by atoms with Crippen molar-refractivity contribution >= 4 is 11.9 Å². The van der Waals surface area contributed by atoms with E-state index in [-0.39, 0.29) is 11.5 Å². The van der Waals surface area contributed by atoms with Crippen molar-refractivity contribution in [1.29, 1.82) is 0 Å². The SMILES string of the molecule is CCCCCCCCCCCCOc1ccc(C=CC(=O)c2ccccc2O)cc1. The molecule has 0 atom stereocenters.